The Kier molecular flexibility index (Phi) is 3.66. The summed E-state index contributed by atoms with van der Waals surface area (Å²) >= 11 is 0. The molecule has 4 saturated carbocycles. The van der Waals surface area contributed by atoms with E-state index in [1.165, 1.54) is 26.2 Å². The third-order valence-electron chi connectivity index (χ3n) is 6.37. The van der Waals surface area contributed by atoms with Crippen LogP contribution in [0.4, 0.5) is 5.69 Å². The molecule has 0 heterocycles. The van der Waals surface area contributed by atoms with E-state index in [4.69, 9.17) is 4.74 Å². The molecule has 0 atom stereocenters. The maximum absolute atomic E-state index is 13.2. The van der Waals surface area contributed by atoms with Crippen LogP contribution in [0.3, 0.4) is 0 Å². The number of carbonyl (C=O) groups is 2. The summed E-state index contributed by atoms with van der Waals surface area (Å²) in [5.41, 5.74) is 1.01. The van der Waals surface area contributed by atoms with E-state index < -0.39 is 0 Å². The Morgan fingerprint density at radius 3 is 2.17 bits per heavy atom. The van der Waals surface area contributed by atoms with Crippen molar-refractivity contribution in [2.45, 2.75) is 45.4 Å². The average Bonchev–Trinajstić information content (AvgIpc) is 2.53. The Labute approximate surface area is 143 Å². The van der Waals surface area contributed by atoms with Crippen molar-refractivity contribution in [2.24, 2.45) is 23.2 Å². The maximum Gasteiger partial charge on any atom is 0.230 e. The van der Waals surface area contributed by atoms with Crippen molar-refractivity contribution in [3.63, 3.8) is 0 Å². The molecule has 128 valence electrons. The van der Waals surface area contributed by atoms with Gasteiger partial charge in [-0.15, -0.1) is 0 Å². The molecule has 0 aliphatic heterocycles. The molecule has 1 amide bonds. The first kappa shape index (κ1) is 15.7. The van der Waals surface area contributed by atoms with E-state index in [9.17, 15) is 9.59 Å². The molecule has 4 heteroatoms. The molecule has 1 N–H and O–H groups in total. The van der Waals surface area contributed by atoms with Gasteiger partial charge in [0.1, 0.15) is 5.75 Å². The zero-order valence-corrected chi connectivity index (χ0v) is 14.4. The number of hydrogen-bond donors (Lipinski definition) is 1. The van der Waals surface area contributed by atoms with Gasteiger partial charge in [0.15, 0.2) is 5.78 Å². The average molecular weight is 327 g/mol. The van der Waals surface area contributed by atoms with Crippen LogP contribution in [0.2, 0.25) is 0 Å². The van der Waals surface area contributed by atoms with Crippen molar-refractivity contribution >= 4 is 17.4 Å². The molecule has 4 bridgehead atoms. The van der Waals surface area contributed by atoms with Gasteiger partial charge in [-0.3, -0.25) is 9.59 Å². The van der Waals surface area contributed by atoms with Gasteiger partial charge in [-0.1, -0.05) is 0 Å². The molecule has 4 aliphatic carbocycles. The molecule has 1 aromatic rings. The van der Waals surface area contributed by atoms with Gasteiger partial charge < -0.3 is 10.1 Å². The highest BCUT2D eigenvalue weighted by Gasteiger charge is 2.54. The highest BCUT2D eigenvalue weighted by atomic mass is 16.5. The van der Waals surface area contributed by atoms with Crippen molar-refractivity contribution in [3.8, 4) is 5.75 Å². The molecular weight excluding hydrogens is 302 g/mol. The number of rotatable bonds is 4. The molecule has 0 unspecified atom stereocenters. The molecule has 4 aliphatic rings. The molecular formula is C20H25NO3. The van der Waals surface area contributed by atoms with Gasteiger partial charge in [0.2, 0.25) is 5.91 Å². The van der Waals surface area contributed by atoms with Crippen LogP contribution in [-0.4, -0.2) is 18.8 Å². The predicted molar refractivity (Wildman–Crippen MR) is 92.2 cm³/mol. The quantitative estimate of drug-likeness (QED) is 0.849. The summed E-state index contributed by atoms with van der Waals surface area (Å²) in [7, 11) is 1.59. The fraction of sp³-hybridized carbons (Fsp3) is 0.600. The Balaban J connectivity index is 1.60. The van der Waals surface area contributed by atoms with Crippen LogP contribution in [-0.2, 0) is 4.79 Å². The minimum atomic E-state index is -0.202. The Hall–Kier alpha value is -1.84. The first-order valence-corrected chi connectivity index (χ1v) is 8.99. The SMILES string of the molecule is COc1ccc(C(C)=O)cc1NC(=O)C12CC3CC(CC(C3)C1)C2. The number of hydrogen-bond acceptors (Lipinski definition) is 3. The zero-order valence-electron chi connectivity index (χ0n) is 14.4. The van der Waals surface area contributed by atoms with Gasteiger partial charge in [0.05, 0.1) is 18.2 Å². The molecule has 4 fully saturated rings. The molecule has 0 radical (unpaired) electrons. The van der Waals surface area contributed by atoms with Crippen molar-refractivity contribution in [2.75, 3.05) is 12.4 Å². The van der Waals surface area contributed by atoms with Crippen molar-refractivity contribution in [1.29, 1.82) is 0 Å². The number of nitrogens with one attached hydrogen (secondary N) is 1. The number of methoxy groups -OCH3 is 1. The second-order valence-electron chi connectivity index (χ2n) is 8.12. The second kappa shape index (κ2) is 5.61. The smallest absolute Gasteiger partial charge is 0.230 e. The van der Waals surface area contributed by atoms with Gasteiger partial charge in [-0.05, 0) is 81.4 Å². The molecule has 24 heavy (non-hydrogen) atoms. The van der Waals surface area contributed by atoms with E-state index in [0.717, 1.165) is 37.0 Å². The lowest BCUT2D eigenvalue weighted by molar-refractivity contribution is -0.140. The van der Waals surface area contributed by atoms with Crippen molar-refractivity contribution in [1.82, 2.24) is 0 Å². The summed E-state index contributed by atoms with van der Waals surface area (Å²) in [6, 6.07) is 5.23. The lowest BCUT2D eigenvalue weighted by Crippen LogP contribution is -2.51. The molecule has 0 aromatic heterocycles. The van der Waals surface area contributed by atoms with Crippen LogP contribution in [0.15, 0.2) is 18.2 Å². The third kappa shape index (κ3) is 2.52. The van der Waals surface area contributed by atoms with Gasteiger partial charge in [0, 0.05) is 5.56 Å². The van der Waals surface area contributed by atoms with E-state index in [0.29, 0.717) is 17.0 Å². The first-order chi connectivity index (χ1) is 11.5. The Morgan fingerprint density at radius 1 is 1.08 bits per heavy atom. The predicted octanol–water partition coefficient (Wildman–Crippen LogP) is 4.05. The van der Waals surface area contributed by atoms with Crippen LogP contribution in [0, 0.1) is 23.2 Å². The standard InChI is InChI=1S/C20H25NO3/c1-12(22)16-3-4-18(24-2)17(8-16)21-19(23)20-9-13-5-14(10-20)7-15(6-13)11-20/h3-4,8,13-15H,5-7,9-11H2,1-2H3,(H,21,23). The van der Waals surface area contributed by atoms with Crippen LogP contribution in [0.25, 0.3) is 0 Å². The van der Waals surface area contributed by atoms with Crippen molar-refractivity contribution in [3.05, 3.63) is 23.8 Å². The van der Waals surface area contributed by atoms with E-state index in [1.807, 2.05) is 0 Å². The summed E-state index contributed by atoms with van der Waals surface area (Å²) < 4.78 is 5.37. The van der Waals surface area contributed by atoms with E-state index in [1.54, 1.807) is 25.3 Å². The van der Waals surface area contributed by atoms with Gasteiger partial charge in [-0.25, -0.2) is 0 Å². The van der Waals surface area contributed by atoms with E-state index in [-0.39, 0.29) is 17.1 Å². The number of ketones is 1. The summed E-state index contributed by atoms with van der Waals surface area (Å²) in [5.74, 6) is 2.91. The molecule has 0 spiro atoms. The normalized spacial score (nSPS) is 33.3. The van der Waals surface area contributed by atoms with Crippen LogP contribution >= 0.6 is 0 Å². The number of ether oxygens (including phenoxy) is 1. The third-order valence-corrected chi connectivity index (χ3v) is 6.37. The van der Waals surface area contributed by atoms with E-state index >= 15 is 0 Å². The lowest BCUT2D eigenvalue weighted by Gasteiger charge is -2.55. The van der Waals surface area contributed by atoms with Crippen LogP contribution in [0.5, 0.6) is 5.75 Å². The number of amides is 1. The van der Waals surface area contributed by atoms with Gasteiger partial charge in [-0.2, -0.15) is 0 Å². The Bertz CT molecular complexity index is 659. The van der Waals surface area contributed by atoms with Gasteiger partial charge >= 0.3 is 0 Å². The number of anilines is 1. The molecule has 1 aromatic carbocycles. The van der Waals surface area contributed by atoms with E-state index in [2.05, 4.69) is 5.32 Å². The lowest BCUT2D eigenvalue weighted by atomic mass is 9.49. The Morgan fingerprint density at radius 2 is 1.67 bits per heavy atom. The van der Waals surface area contributed by atoms with Crippen LogP contribution in [0.1, 0.15) is 55.8 Å². The molecule has 4 nitrogen and oxygen atoms in total. The monoisotopic (exact) mass is 327 g/mol. The maximum atomic E-state index is 13.2. The van der Waals surface area contributed by atoms with Crippen LogP contribution < -0.4 is 10.1 Å². The second-order valence-corrected chi connectivity index (χ2v) is 8.12. The first-order valence-electron chi connectivity index (χ1n) is 8.99. The highest BCUT2D eigenvalue weighted by molar-refractivity contribution is 6.00. The highest BCUT2D eigenvalue weighted by Crippen LogP contribution is 2.60. The fourth-order valence-corrected chi connectivity index (χ4v) is 5.67. The van der Waals surface area contributed by atoms with Crippen molar-refractivity contribution < 1.29 is 14.3 Å². The number of carbonyl (C=O) groups excluding carboxylic acids is 2. The summed E-state index contributed by atoms with van der Waals surface area (Å²) in [6.07, 6.45) is 7.03. The zero-order chi connectivity index (χ0) is 16.9. The molecule has 0 saturated heterocycles. The topological polar surface area (TPSA) is 55.4 Å². The van der Waals surface area contributed by atoms with Gasteiger partial charge in [0.25, 0.3) is 0 Å². The number of Topliss-reactive ketones (excluding diaryl/α,β-unsaturated/α-hetero) is 1. The summed E-state index contributed by atoms with van der Waals surface area (Å²) in [5, 5.41) is 3.10. The summed E-state index contributed by atoms with van der Waals surface area (Å²) in [6.45, 7) is 1.53. The summed E-state index contributed by atoms with van der Waals surface area (Å²) in [4.78, 5) is 24.8. The largest absolute Gasteiger partial charge is 0.495 e. The fourth-order valence-electron chi connectivity index (χ4n) is 5.67. The minimum absolute atomic E-state index is 0.0112. The number of benzene rings is 1. The molecule has 5 rings (SSSR count). The minimum Gasteiger partial charge on any atom is -0.495 e.